The average molecular weight is 256 g/mol. The fourth-order valence-corrected chi connectivity index (χ4v) is 1.88. The Bertz CT molecular complexity index is 522. The van der Waals surface area contributed by atoms with E-state index in [-0.39, 0.29) is 0 Å². The van der Waals surface area contributed by atoms with Crippen LogP contribution in [0.25, 0.3) is 11.3 Å². The number of nitrogens with one attached hydrogen (secondary N) is 1. The van der Waals surface area contributed by atoms with Crippen LogP contribution in [-0.4, -0.2) is 37.4 Å². The number of nitrogens with zero attached hydrogens (tertiary/aromatic N) is 3. The molecule has 0 spiro atoms. The number of hydrogen-bond donors (Lipinski definition) is 1. The van der Waals surface area contributed by atoms with Gasteiger partial charge in [-0.25, -0.2) is 0 Å². The zero-order chi connectivity index (χ0) is 13.7. The van der Waals surface area contributed by atoms with Crippen molar-refractivity contribution in [3.63, 3.8) is 0 Å². The van der Waals surface area contributed by atoms with Gasteiger partial charge in [-0.05, 0) is 32.2 Å². The van der Waals surface area contributed by atoms with Crippen molar-refractivity contribution in [1.82, 2.24) is 15.5 Å². The Hall–Kier alpha value is -1.94. The van der Waals surface area contributed by atoms with Crippen LogP contribution in [0.4, 0.5) is 5.82 Å². The fraction of sp³-hybridized carbons (Fsp3) is 0.333. The van der Waals surface area contributed by atoms with Crippen LogP contribution < -0.4 is 10.2 Å². The number of benzene rings is 1. The normalized spacial score (nSPS) is 10.5. The molecule has 0 aliphatic rings. The Labute approximate surface area is 114 Å². The maximum atomic E-state index is 4.31. The molecule has 4 heteroatoms. The molecule has 1 N–H and O–H groups in total. The lowest BCUT2D eigenvalue weighted by Crippen LogP contribution is -2.27. The van der Waals surface area contributed by atoms with Gasteiger partial charge in [0.05, 0.1) is 5.69 Å². The summed E-state index contributed by atoms with van der Waals surface area (Å²) < 4.78 is 0. The van der Waals surface area contributed by atoms with Crippen LogP contribution in [0.3, 0.4) is 0 Å². The molecule has 0 bridgehead atoms. The van der Waals surface area contributed by atoms with Crippen LogP contribution in [-0.2, 0) is 0 Å². The summed E-state index contributed by atoms with van der Waals surface area (Å²) in [4.78, 5) is 2.09. The summed E-state index contributed by atoms with van der Waals surface area (Å²) in [6.07, 6.45) is 0. The summed E-state index contributed by atoms with van der Waals surface area (Å²) in [5.41, 5.74) is 3.25. The molecule has 0 amide bonds. The number of anilines is 1. The van der Waals surface area contributed by atoms with Gasteiger partial charge in [-0.1, -0.05) is 23.8 Å². The molecule has 1 aromatic heterocycles. The summed E-state index contributed by atoms with van der Waals surface area (Å²) in [6, 6.07) is 12.3. The second-order valence-electron chi connectivity index (χ2n) is 4.67. The molecule has 0 saturated carbocycles. The second-order valence-corrected chi connectivity index (χ2v) is 4.67. The molecule has 2 rings (SSSR count). The number of aromatic nitrogens is 2. The van der Waals surface area contributed by atoms with Crippen LogP contribution in [0, 0.1) is 6.92 Å². The number of likely N-dealkylation sites (N-methyl/N-ethyl adjacent to an activating group) is 2. The Balaban J connectivity index is 2.14. The van der Waals surface area contributed by atoms with E-state index in [1.165, 1.54) is 5.56 Å². The van der Waals surface area contributed by atoms with Gasteiger partial charge >= 0.3 is 0 Å². The zero-order valence-electron chi connectivity index (χ0n) is 11.7. The minimum absolute atomic E-state index is 0.895. The van der Waals surface area contributed by atoms with Crippen molar-refractivity contribution >= 4 is 5.82 Å². The first-order valence-corrected chi connectivity index (χ1v) is 6.47. The Morgan fingerprint density at radius 1 is 1.16 bits per heavy atom. The molecule has 0 aliphatic heterocycles. The van der Waals surface area contributed by atoms with E-state index in [1.54, 1.807) is 0 Å². The first-order chi connectivity index (χ1) is 9.20. The first-order valence-electron chi connectivity index (χ1n) is 6.47. The molecule has 1 aromatic carbocycles. The zero-order valence-corrected chi connectivity index (χ0v) is 11.7. The summed E-state index contributed by atoms with van der Waals surface area (Å²) in [6.45, 7) is 3.92. The molecule has 0 saturated heterocycles. The third kappa shape index (κ3) is 3.51. The minimum Gasteiger partial charge on any atom is -0.357 e. The summed E-state index contributed by atoms with van der Waals surface area (Å²) in [7, 11) is 3.97. The summed E-state index contributed by atoms with van der Waals surface area (Å²) >= 11 is 0. The van der Waals surface area contributed by atoms with E-state index in [9.17, 15) is 0 Å². The highest BCUT2D eigenvalue weighted by Crippen LogP contribution is 2.18. The van der Waals surface area contributed by atoms with Gasteiger partial charge in [0.1, 0.15) is 0 Å². The molecule has 0 fully saturated rings. The van der Waals surface area contributed by atoms with Crippen LogP contribution >= 0.6 is 0 Å². The van der Waals surface area contributed by atoms with Gasteiger partial charge in [0.25, 0.3) is 0 Å². The molecule has 0 unspecified atom stereocenters. The van der Waals surface area contributed by atoms with Gasteiger partial charge in [-0.2, -0.15) is 0 Å². The van der Waals surface area contributed by atoms with Gasteiger partial charge in [0.15, 0.2) is 5.82 Å². The lowest BCUT2D eigenvalue weighted by Gasteiger charge is -2.17. The SMILES string of the molecule is CNCCN(C)c1ccc(-c2cccc(C)c2)nn1. The van der Waals surface area contributed by atoms with Crippen molar-refractivity contribution in [3.8, 4) is 11.3 Å². The molecule has 0 radical (unpaired) electrons. The van der Waals surface area contributed by atoms with Gasteiger partial charge in [0, 0.05) is 25.7 Å². The van der Waals surface area contributed by atoms with Crippen LogP contribution in [0.5, 0.6) is 0 Å². The van der Waals surface area contributed by atoms with Crippen molar-refractivity contribution < 1.29 is 0 Å². The quantitative estimate of drug-likeness (QED) is 0.889. The maximum Gasteiger partial charge on any atom is 0.151 e. The maximum absolute atomic E-state index is 4.31. The highest BCUT2D eigenvalue weighted by Gasteiger charge is 2.04. The highest BCUT2D eigenvalue weighted by atomic mass is 15.2. The van der Waals surface area contributed by atoms with Crippen molar-refractivity contribution in [2.24, 2.45) is 0 Å². The van der Waals surface area contributed by atoms with Crippen molar-refractivity contribution in [2.45, 2.75) is 6.92 Å². The smallest absolute Gasteiger partial charge is 0.151 e. The molecule has 1 heterocycles. The second kappa shape index (κ2) is 6.29. The number of hydrogen-bond acceptors (Lipinski definition) is 4. The van der Waals surface area contributed by atoms with E-state index >= 15 is 0 Å². The molecular weight excluding hydrogens is 236 g/mol. The summed E-state index contributed by atoms with van der Waals surface area (Å²) in [5, 5.41) is 11.7. The molecule has 19 heavy (non-hydrogen) atoms. The largest absolute Gasteiger partial charge is 0.357 e. The van der Waals surface area contributed by atoms with Crippen LogP contribution in [0.2, 0.25) is 0 Å². The molecular formula is C15H20N4. The van der Waals surface area contributed by atoms with Gasteiger partial charge < -0.3 is 10.2 Å². The molecule has 2 aromatic rings. The molecule has 4 nitrogen and oxygen atoms in total. The van der Waals surface area contributed by atoms with E-state index in [2.05, 4.69) is 45.5 Å². The third-order valence-corrected chi connectivity index (χ3v) is 3.05. The summed E-state index contributed by atoms with van der Waals surface area (Å²) in [5.74, 6) is 0.895. The standard InChI is InChI=1S/C15H20N4/c1-12-5-4-6-13(11-12)14-7-8-15(18-17-14)19(3)10-9-16-2/h4-8,11,16H,9-10H2,1-3H3. The topological polar surface area (TPSA) is 41.0 Å². The average Bonchev–Trinajstić information content (AvgIpc) is 2.45. The monoisotopic (exact) mass is 256 g/mol. The Kier molecular flexibility index (Phi) is 4.47. The van der Waals surface area contributed by atoms with Crippen molar-refractivity contribution in [2.75, 3.05) is 32.1 Å². The Morgan fingerprint density at radius 3 is 2.63 bits per heavy atom. The first kappa shape index (κ1) is 13.5. The van der Waals surface area contributed by atoms with E-state index < -0.39 is 0 Å². The van der Waals surface area contributed by atoms with E-state index in [1.807, 2.05) is 32.3 Å². The minimum atomic E-state index is 0.895. The van der Waals surface area contributed by atoms with E-state index in [4.69, 9.17) is 0 Å². The highest BCUT2D eigenvalue weighted by molar-refractivity contribution is 5.60. The van der Waals surface area contributed by atoms with Gasteiger partial charge in [0.2, 0.25) is 0 Å². The molecule has 100 valence electrons. The lowest BCUT2D eigenvalue weighted by molar-refractivity contribution is 0.756. The van der Waals surface area contributed by atoms with Gasteiger partial charge in [-0.3, -0.25) is 0 Å². The number of aryl methyl sites for hydroxylation is 1. The van der Waals surface area contributed by atoms with Crippen molar-refractivity contribution in [1.29, 1.82) is 0 Å². The van der Waals surface area contributed by atoms with Crippen LogP contribution in [0.1, 0.15) is 5.56 Å². The van der Waals surface area contributed by atoms with Crippen molar-refractivity contribution in [3.05, 3.63) is 42.0 Å². The third-order valence-electron chi connectivity index (χ3n) is 3.05. The van der Waals surface area contributed by atoms with E-state index in [0.29, 0.717) is 0 Å². The lowest BCUT2D eigenvalue weighted by atomic mass is 10.1. The fourth-order valence-electron chi connectivity index (χ4n) is 1.88. The van der Waals surface area contributed by atoms with Gasteiger partial charge in [-0.15, -0.1) is 10.2 Å². The van der Waals surface area contributed by atoms with E-state index in [0.717, 1.165) is 30.2 Å². The molecule has 0 aliphatic carbocycles. The predicted molar refractivity (Wildman–Crippen MR) is 79.4 cm³/mol. The molecule has 0 atom stereocenters. The Morgan fingerprint density at radius 2 is 2.00 bits per heavy atom. The number of rotatable bonds is 5. The predicted octanol–water partition coefficient (Wildman–Crippen LogP) is 2.11. The van der Waals surface area contributed by atoms with Crippen LogP contribution in [0.15, 0.2) is 36.4 Å².